The molecule has 0 aliphatic heterocycles. The molecule has 0 atom stereocenters. The second-order valence-electron chi connectivity index (χ2n) is 3.55. The third-order valence-corrected chi connectivity index (χ3v) is 4.34. The molecule has 0 heterocycles. The third-order valence-electron chi connectivity index (χ3n) is 2.49. The molecule has 0 spiro atoms. The van der Waals surface area contributed by atoms with E-state index in [2.05, 4.69) is 70.0 Å². The van der Waals surface area contributed by atoms with Crippen LogP contribution in [0.15, 0.2) is 33.2 Å². The second-order valence-corrected chi connectivity index (χ2v) is 5.26. The zero-order valence-corrected chi connectivity index (χ0v) is 11.2. The zero-order chi connectivity index (χ0) is 10.3. The van der Waals surface area contributed by atoms with Crippen LogP contribution in [0.2, 0.25) is 0 Å². The summed E-state index contributed by atoms with van der Waals surface area (Å²) < 4.78 is 2.21. The van der Waals surface area contributed by atoms with Crippen molar-refractivity contribution in [2.24, 2.45) is 0 Å². The maximum atomic E-state index is 3.51. The van der Waals surface area contributed by atoms with E-state index in [-0.39, 0.29) is 0 Å². The SMILES string of the molecule is Cc1cc2cc(Br)c(Br)cc2cc1C. The van der Waals surface area contributed by atoms with Gasteiger partial charge in [-0.2, -0.15) is 0 Å². The molecule has 2 heteroatoms. The lowest BCUT2D eigenvalue weighted by Crippen LogP contribution is -1.82. The molecule has 0 nitrogen and oxygen atoms in total. The van der Waals surface area contributed by atoms with E-state index in [1.54, 1.807) is 0 Å². The Morgan fingerprint density at radius 2 is 1.07 bits per heavy atom. The maximum Gasteiger partial charge on any atom is 0.0323 e. The van der Waals surface area contributed by atoms with Crippen molar-refractivity contribution < 1.29 is 0 Å². The molecule has 0 aliphatic rings. The third kappa shape index (κ3) is 1.73. The van der Waals surface area contributed by atoms with Gasteiger partial charge in [-0.15, -0.1) is 0 Å². The first-order chi connectivity index (χ1) is 6.58. The van der Waals surface area contributed by atoms with Crippen LogP contribution in [0.25, 0.3) is 10.8 Å². The van der Waals surface area contributed by atoms with Crippen LogP contribution in [0.1, 0.15) is 11.1 Å². The van der Waals surface area contributed by atoms with Crippen LogP contribution in [0.3, 0.4) is 0 Å². The molecule has 2 aromatic rings. The van der Waals surface area contributed by atoms with E-state index in [0.29, 0.717) is 0 Å². The van der Waals surface area contributed by atoms with Crippen LogP contribution in [0.5, 0.6) is 0 Å². The topological polar surface area (TPSA) is 0 Å². The second kappa shape index (κ2) is 3.67. The Balaban J connectivity index is 2.83. The smallest absolute Gasteiger partial charge is 0.0323 e. The fourth-order valence-corrected chi connectivity index (χ4v) is 2.24. The van der Waals surface area contributed by atoms with Crippen molar-refractivity contribution >= 4 is 42.6 Å². The quantitative estimate of drug-likeness (QED) is 0.643. The van der Waals surface area contributed by atoms with Crippen LogP contribution in [0, 0.1) is 13.8 Å². The van der Waals surface area contributed by atoms with Crippen LogP contribution in [-0.4, -0.2) is 0 Å². The summed E-state index contributed by atoms with van der Waals surface area (Å²) in [6, 6.07) is 8.74. The molecule has 0 amide bonds. The standard InChI is InChI=1S/C12H10Br2/c1-7-3-9-5-11(13)12(14)6-10(9)4-8(7)2/h3-6H,1-2H3. The van der Waals surface area contributed by atoms with Gasteiger partial charge in [0.05, 0.1) is 0 Å². The van der Waals surface area contributed by atoms with Gasteiger partial charge in [0.15, 0.2) is 0 Å². The largest absolute Gasteiger partial charge is 0.0511 e. The highest BCUT2D eigenvalue weighted by Gasteiger charge is 2.02. The molecule has 72 valence electrons. The summed E-state index contributed by atoms with van der Waals surface area (Å²) in [5.74, 6) is 0. The van der Waals surface area contributed by atoms with Gasteiger partial charge in [0.25, 0.3) is 0 Å². The van der Waals surface area contributed by atoms with Crippen LogP contribution in [0.4, 0.5) is 0 Å². The lowest BCUT2D eigenvalue weighted by molar-refractivity contribution is 1.36. The molecule has 2 rings (SSSR count). The summed E-state index contributed by atoms with van der Waals surface area (Å²) in [6.45, 7) is 4.29. The first kappa shape index (κ1) is 10.2. The van der Waals surface area contributed by atoms with Gasteiger partial charge in [-0.05, 0) is 79.7 Å². The summed E-state index contributed by atoms with van der Waals surface area (Å²) in [6.07, 6.45) is 0. The van der Waals surface area contributed by atoms with Gasteiger partial charge in [-0.25, -0.2) is 0 Å². The van der Waals surface area contributed by atoms with Gasteiger partial charge in [0.2, 0.25) is 0 Å². The van der Waals surface area contributed by atoms with E-state index in [9.17, 15) is 0 Å². The molecule has 0 aromatic heterocycles. The molecule has 0 saturated carbocycles. The molecule has 0 bridgehead atoms. The van der Waals surface area contributed by atoms with E-state index < -0.39 is 0 Å². The van der Waals surface area contributed by atoms with Crippen molar-refractivity contribution in [3.8, 4) is 0 Å². The number of hydrogen-bond acceptors (Lipinski definition) is 0. The Hall–Kier alpha value is -0.340. The number of rotatable bonds is 0. The van der Waals surface area contributed by atoms with E-state index in [4.69, 9.17) is 0 Å². The first-order valence-corrected chi connectivity index (χ1v) is 6.02. The molecule has 0 saturated heterocycles. The van der Waals surface area contributed by atoms with E-state index >= 15 is 0 Å². The van der Waals surface area contributed by atoms with Gasteiger partial charge in [0, 0.05) is 8.95 Å². The maximum absolute atomic E-state index is 3.51. The summed E-state index contributed by atoms with van der Waals surface area (Å²) in [7, 11) is 0. The monoisotopic (exact) mass is 312 g/mol. The lowest BCUT2D eigenvalue weighted by Gasteiger charge is -2.05. The van der Waals surface area contributed by atoms with Crippen molar-refractivity contribution in [1.29, 1.82) is 0 Å². The molecular weight excluding hydrogens is 304 g/mol. The fraction of sp³-hybridized carbons (Fsp3) is 0.167. The number of aryl methyl sites for hydroxylation is 2. The van der Waals surface area contributed by atoms with Crippen LogP contribution >= 0.6 is 31.9 Å². The molecule has 0 N–H and O–H groups in total. The molecule has 2 aromatic carbocycles. The molecule has 0 unspecified atom stereocenters. The number of benzene rings is 2. The van der Waals surface area contributed by atoms with E-state index in [1.807, 2.05) is 0 Å². The molecular formula is C12H10Br2. The average molecular weight is 314 g/mol. The van der Waals surface area contributed by atoms with Gasteiger partial charge >= 0.3 is 0 Å². The van der Waals surface area contributed by atoms with Gasteiger partial charge < -0.3 is 0 Å². The highest BCUT2D eigenvalue weighted by molar-refractivity contribution is 9.13. The van der Waals surface area contributed by atoms with E-state index in [1.165, 1.54) is 21.9 Å². The molecule has 14 heavy (non-hydrogen) atoms. The average Bonchev–Trinajstić information content (AvgIpc) is 2.11. The predicted molar refractivity (Wildman–Crippen MR) is 68.8 cm³/mol. The summed E-state index contributed by atoms with van der Waals surface area (Å²) in [5, 5.41) is 2.56. The highest BCUT2D eigenvalue weighted by atomic mass is 79.9. The van der Waals surface area contributed by atoms with Gasteiger partial charge in [0.1, 0.15) is 0 Å². The predicted octanol–water partition coefficient (Wildman–Crippen LogP) is 4.98. The Morgan fingerprint density at radius 3 is 1.43 bits per heavy atom. The van der Waals surface area contributed by atoms with Crippen LogP contribution in [-0.2, 0) is 0 Å². The highest BCUT2D eigenvalue weighted by Crippen LogP contribution is 2.29. The van der Waals surface area contributed by atoms with Gasteiger partial charge in [-0.3, -0.25) is 0 Å². The zero-order valence-electron chi connectivity index (χ0n) is 8.07. The number of hydrogen-bond donors (Lipinski definition) is 0. The van der Waals surface area contributed by atoms with Crippen LogP contribution < -0.4 is 0 Å². The molecule has 0 fully saturated rings. The number of fused-ring (bicyclic) bond motifs is 1. The van der Waals surface area contributed by atoms with Crippen molar-refractivity contribution in [3.63, 3.8) is 0 Å². The van der Waals surface area contributed by atoms with Crippen molar-refractivity contribution in [2.45, 2.75) is 13.8 Å². The summed E-state index contributed by atoms with van der Waals surface area (Å²) in [4.78, 5) is 0. The Kier molecular flexibility index (Phi) is 2.67. The van der Waals surface area contributed by atoms with Crippen molar-refractivity contribution in [1.82, 2.24) is 0 Å². The summed E-state index contributed by atoms with van der Waals surface area (Å²) in [5.41, 5.74) is 2.68. The van der Waals surface area contributed by atoms with Crippen molar-refractivity contribution in [3.05, 3.63) is 44.3 Å². The Labute approximate surface area is 101 Å². The molecule has 0 radical (unpaired) electrons. The fourth-order valence-electron chi connectivity index (χ4n) is 1.52. The first-order valence-electron chi connectivity index (χ1n) is 4.44. The summed E-state index contributed by atoms with van der Waals surface area (Å²) >= 11 is 7.03. The minimum atomic E-state index is 1.10. The Morgan fingerprint density at radius 1 is 0.714 bits per heavy atom. The molecule has 0 aliphatic carbocycles. The minimum Gasteiger partial charge on any atom is -0.0511 e. The normalized spacial score (nSPS) is 10.9. The lowest BCUT2D eigenvalue weighted by atomic mass is 10.0. The minimum absolute atomic E-state index is 1.10. The Bertz CT molecular complexity index is 412. The number of halogens is 2. The van der Waals surface area contributed by atoms with E-state index in [0.717, 1.165) is 8.95 Å². The van der Waals surface area contributed by atoms with Crippen molar-refractivity contribution in [2.75, 3.05) is 0 Å². The van der Waals surface area contributed by atoms with Gasteiger partial charge in [-0.1, -0.05) is 12.1 Å².